The van der Waals surface area contributed by atoms with Crippen LogP contribution in [-0.2, 0) is 12.8 Å². The van der Waals surface area contributed by atoms with Crippen molar-refractivity contribution in [3.8, 4) is 17.2 Å². The fourth-order valence-corrected chi connectivity index (χ4v) is 7.46. The number of benzene rings is 4. The van der Waals surface area contributed by atoms with Crippen molar-refractivity contribution in [3.63, 3.8) is 0 Å². The average molecular weight is 455 g/mol. The first-order chi connectivity index (χ1) is 16.9. The molecule has 0 spiro atoms. The van der Waals surface area contributed by atoms with Crippen LogP contribution in [0.15, 0.2) is 94.7 Å². The van der Waals surface area contributed by atoms with Crippen LogP contribution in [0.4, 0.5) is 0 Å². The van der Waals surface area contributed by atoms with Crippen molar-refractivity contribution in [1.82, 2.24) is 4.57 Å². The molecule has 0 amide bonds. The molecular formula is C30H22BNOS. The molecule has 1 aliphatic carbocycles. The SMILES string of the molecule is c1ccc2c(c1)Sc1cccc3c1B2c1cc(-n2c4c(c5ccccc52)CCCC4)ccc1O3. The van der Waals surface area contributed by atoms with Crippen LogP contribution < -0.4 is 21.1 Å². The first kappa shape index (κ1) is 19.0. The zero-order valence-electron chi connectivity index (χ0n) is 18.8. The molecule has 0 fully saturated rings. The molecule has 0 N–H and O–H groups in total. The van der Waals surface area contributed by atoms with Gasteiger partial charge < -0.3 is 9.30 Å². The van der Waals surface area contributed by atoms with Gasteiger partial charge in [0.25, 0.3) is 6.71 Å². The Bertz CT molecular complexity index is 1620. The van der Waals surface area contributed by atoms with Crippen LogP contribution in [-0.4, -0.2) is 11.3 Å². The first-order valence-corrected chi connectivity index (χ1v) is 13.0. The molecule has 4 aromatic carbocycles. The summed E-state index contributed by atoms with van der Waals surface area (Å²) in [5.74, 6) is 1.97. The van der Waals surface area contributed by atoms with E-state index in [0.29, 0.717) is 0 Å². The molecule has 0 saturated heterocycles. The molecule has 4 heteroatoms. The van der Waals surface area contributed by atoms with Crippen molar-refractivity contribution in [2.24, 2.45) is 0 Å². The number of hydrogen-bond acceptors (Lipinski definition) is 2. The monoisotopic (exact) mass is 455 g/mol. The van der Waals surface area contributed by atoms with Crippen LogP contribution >= 0.6 is 11.8 Å². The van der Waals surface area contributed by atoms with E-state index >= 15 is 0 Å². The van der Waals surface area contributed by atoms with Gasteiger partial charge in [-0.2, -0.15) is 0 Å². The summed E-state index contributed by atoms with van der Waals surface area (Å²) in [5.41, 5.74) is 9.58. The van der Waals surface area contributed by atoms with Crippen molar-refractivity contribution in [1.29, 1.82) is 0 Å². The third kappa shape index (κ3) is 2.55. The molecule has 2 aliphatic heterocycles. The third-order valence-corrected chi connectivity index (χ3v) is 8.89. The van der Waals surface area contributed by atoms with Gasteiger partial charge in [-0.05, 0) is 84.6 Å². The van der Waals surface area contributed by atoms with E-state index in [4.69, 9.17) is 4.74 Å². The first-order valence-electron chi connectivity index (χ1n) is 12.2. The highest BCUT2D eigenvalue weighted by Gasteiger charge is 2.39. The number of ether oxygens (including phenoxy) is 1. The maximum absolute atomic E-state index is 6.49. The second-order valence-electron chi connectivity index (χ2n) is 9.55. The van der Waals surface area contributed by atoms with Crippen molar-refractivity contribution >= 4 is 45.8 Å². The van der Waals surface area contributed by atoms with Gasteiger partial charge in [0.05, 0.1) is 5.52 Å². The number of fused-ring (bicyclic) bond motifs is 7. The summed E-state index contributed by atoms with van der Waals surface area (Å²) in [7, 11) is 0. The lowest BCUT2D eigenvalue weighted by Crippen LogP contribution is -2.57. The molecule has 0 atom stereocenters. The minimum atomic E-state index is 0.199. The van der Waals surface area contributed by atoms with Crippen LogP contribution in [0.1, 0.15) is 24.1 Å². The molecule has 3 aliphatic rings. The van der Waals surface area contributed by atoms with E-state index < -0.39 is 0 Å². The van der Waals surface area contributed by atoms with Gasteiger partial charge in [0, 0.05) is 26.6 Å². The van der Waals surface area contributed by atoms with E-state index in [1.165, 1.54) is 67.7 Å². The van der Waals surface area contributed by atoms with Crippen LogP contribution in [0.2, 0.25) is 0 Å². The molecule has 34 heavy (non-hydrogen) atoms. The van der Waals surface area contributed by atoms with Crippen LogP contribution in [0.3, 0.4) is 0 Å². The Morgan fingerprint density at radius 1 is 0.735 bits per heavy atom. The summed E-state index contributed by atoms with van der Waals surface area (Å²) in [6, 6.07) is 31.1. The van der Waals surface area contributed by atoms with Gasteiger partial charge in [-0.1, -0.05) is 59.7 Å². The van der Waals surface area contributed by atoms with Crippen LogP contribution in [0, 0.1) is 0 Å². The molecule has 1 aromatic heterocycles. The highest BCUT2D eigenvalue weighted by atomic mass is 32.2. The third-order valence-electron chi connectivity index (χ3n) is 7.73. The molecule has 2 nitrogen and oxygen atoms in total. The quantitative estimate of drug-likeness (QED) is 0.300. The van der Waals surface area contributed by atoms with E-state index in [0.717, 1.165) is 17.9 Å². The minimum absolute atomic E-state index is 0.199. The molecule has 5 aromatic rings. The van der Waals surface area contributed by atoms with Gasteiger partial charge in [-0.15, -0.1) is 0 Å². The second-order valence-corrected chi connectivity index (χ2v) is 10.6. The van der Waals surface area contributed by atoms with Crippen molar-refractivity contribution in [2.45, 2.75) is 35.5 Å². The normalized spacial score (nSPS) is 15.2. The highest BCUT2D eigenvalue weighted by Crippen LogP contribution is 2.38. The summed E-state index contributed by atoms with van der Waals surface area (Å²) in [4.78, 5) is 2.65. The zero-order valence-corrected chi connectivity index (χ0v) is 19.6. The Morgan fingerprint density at radius 2 is 1.59 bits per heavy atom. The van der Waals surface area contributed by atoms with Gasteiger partial charge in [-0.25, -0.2) is 0 Å². The standard InChI is InChI=1S/C30H22BNOS/c1-4-11-24-20(8-1)21-9-2-5-12-25(21)32(24)19-16-17-26-23(18-19)31-22-10-3-6-14-28(22)34-29-15-7-13-27(33-26)30(29)31/h1,3-4,6-8,10-11,13-18H,2,5,9,12H2. The number of hydrogen-bond donors (Lipinski definition) is 0. The average Bonchev–Trinajstić information content (AvgIpc) is 3.23. The Morgan fingerprint density at radius 3 is 2.59 bits per heavy atom. The lowest BCUT2D eigenvalue weighted by molar-refractivity contribution is 0.486. The second kappa shape index (κ2) is 7.07. The van der Waals surface area contributed by atoms with E-state index in [2.05, 4.69) is 89.5 Å². The van der Waals surface area contributed by atoms with E-state index in [9.17, 15) is 0 Å². The molecular weight excluding hydrogens is 433 g/mol. The fourth-order valence-electron chi connectivity index (χ4n) is 6.30. The van der Waals surface area contributed by atoms with Crippen LogP contribution in [0.25, 0.3) is 16.6 Å². The molecule has 162 valence electrons. The smallest absolute Gasteiger partial charge is 0.253 e. The Balaban J connectivity index is 1.39. The maximum atomic E-state index is 6.49. The fraction of sp³-hybridized carbons (Fsp3) is 0.133. The Labute approximate surface area is 203 Å². The molecule has 0 unspecified atom stereocenters. The molecule has 3 heterocycles. The van der Waals surface area contributed by atoms with Gasteiger partial charge in [0.15, 0.2) is 0 Å². The lowest BCUT2D eigenvalue weighted by Gasteiger charge is -2.33. The number of rotatable bonds is 1. The zero-order chi connectivity index (χ0) is 22.2. The molecule has 0 saturated carbocycles. The van der Waals surface area contributed by atoms with Gasteiger partial charge >= 0.3 is 0 Å². The topological polar surface area (TPSA) is 14.2 Å². The van der Waals surface area contributed by atoms with Crippen molar-refractivity contribution in [2.75, 3.05) is 0 Å². The molecule has 0 radical (unpaired) electrons. The highest BCUT2D eigenvalue weighted by molar-refractivity contribution is 8.00. The maximum Gasteiger partial charge on any atom is 0.253 e. The largest absolute Gasteiger partial charge is 0.458 e. The van der Waals surface area contributed by atoms with Gasteiger partial charge in [0.1, 0.15) is 11.5 Å². The predicted octanol–water partition coefficient (Wildman–Crippen LogP) is 5.60. The summed E-state index contributed by atoms with van der Waals surface area (Å²) in [6.07, 6.45) is 4.88. The summed E-state index contributed by atoms with van der Waals surface area (Å²) in [5, 5.41) is 1.42. The van der Waals surface area contributed by atoms with Crippen molar-refractivity contribution in [3.05, 3.63) is 96.2 Å². The number of aromatic nitrogens is 1. The summed E-state index contributed by atoms with van der Waals surface area (Å²) < 4.78 is 9.01. The van der Waals surface area contributed by atoms with Gasteiger partial charge in [0.2, 0.25) is 0 Å². The van der Waals surface area contributed by atoms with Crippen LogP contribution in [0.5, 0.6) is 11.5 Å². The Kier molecular flexibility index (Phi) is 3.95. The number of para-hydroxylation sites is 1. The minimum Gasteiger partial charge on any atom is -0.458 e. The number of nitrogens with zero attached hydrogens (tertiary/aromatic N) is 1. The van der Waals surface area contributed by atoms with E-state index in [1.54, 1.807) is 5.56 Å². The summed E-state index contributed by atoms with van der Waals surface area (Å²) in [6.45, 7) is 0.199. The lowest BCUT2D eigenvalue weighted by atomic mass is 9.35. The van der Waals surface area contributed by atoms with E-state index in [-0.39, 0.29) is 6.71 Å². The molecule has 8 rings (SSSR count). The predicted molar refractivity (Wildman–Crippen MR) is 142 cm³/mol. The number of aryl methyl sites for hydroxylation is 1. The van der Waals surface area contributed by atoms with Gasteiger partial charge in [-0.3, -0.25) is 0 Å². The summed E-state index contributed by atoms with van der Waals surface area (Å²) >= 11 is 1.86. The molecule has 0 bridgehead atoms. The van der Waals surface area contributed by atoms with Crippen molar-refractivity contribution < 1.29 is 4.74 Å². The van der Waals surface area contributed by atoms with E-state index in [1.807, 2.05) is 11.8 Å². The Hall–Kier alpha value is -3.37.